The molecule has 0 aliphatic carbocycles. The van der Waals surface area contributed by atoms with Crippen LogP contribution in [-0.4, -0.2) is 26.7 Å². The third kappa shape index (κ3) is 4.04. The summed E-state index contributed by atoms with van der Waals surface area (Å²) in [7, 11) is 1.32. The second kappa shape index (κ2) is 7.17. The lowest BCUT2D eigenvalue weighted by Crippen LogP contribution is -2.48. The average Bonchev–Trinajstić information content (AvgIpc) is 2.92. The number of benzene rings is 1. The number of rotatable bonds is 5. The molecule has 0 fully saturated rings. The van der Waals surface area contributed by atoms with Crippen LogP contribution in [0.1, 0.15) is 30.8 Å². The molecule has 1 amide bonds. The zero-order chi connectivity index (χ0) is 18.8. The molecule has 0 saturated carbocycles. The van der Waals surface area contributed by atoms with Gasteiger partial charge in [-0.3, -0.25) is 4.79 Å². The van der Waals surface area contributed by atoms with Crippen LogP contribution in [-0.2, 0) is 17.4 Å². The maximum Gasteiger partial charge on any atom is 0.425 e. The molecule has 2 N–H and O–H groups in total. The molecule has 1 heterocycles. The Bertz CT molecular complexity index is 763. The topological polar surface area (TPSA) is 67.2 Å². The first-order valence-corrected chi connectivity index (χ1v) is 8.16. The number of hydrogen-bond acceptors (Lipinski definition) is 3. The van der Waals surface area contributed by atoms with E-state index in [4.69, 9.17) is 0 Å². The van der Waals surface area contributed by atoms with E-state index in [1.807, 2.05) is 0 Å². The highest BCUT2D eigenvalue weighted by Crippen LogP contribution is 2.40. The number of nitrogens with one attached hydrogen (secondary N) is 1. The predicted octanol–water partition coefficient (Wildman–Crippen LogP) is 3.20. The molecule has 1 aromatic carbocycles. The fourth-order valence-corrected chi connectivity index (χ4v) is 3.13. The van der Waals surface area contributed by atoms with Gasteiger partial charge in [-0.25, -0.2) is 4.98 Å². The number of aliphatic hydroxyl groups is 1. The van der Waals surface area contributed by atoms with Gasteiger partial charge < -0.3 is 15.0 Å². The minimum absolute atomic E-state index is 0.540. The number of carbonyl (C=O) groups is 1. The molecule has 2 unspecified atom stereocenters. The highest BCUT2D eigenvalue weighted by atomic mass is 79.9. The third-order valence-corrected chi connectivity index (χ3v) is 4.55. The van der Waals surface area contributed by atoms with Crippen LogP contribution in [0.2, 0.25) is 0 Å². The number of aromatic nitrogens is 2. The van der Waals surface area contributed by atoms with Crippen molar-refractivity contribution in [3.8, 4) is 0 Å². The molecule has 25 heavy (non-hydrogen) atoms. The smallest absolute Gasteiger partial charge is 0.374 e. The van der Waals surface area contributed by atoms with Gasteiger partial charge >= 0.3 is 6.18 Å². The van der Waals surface area contributed by atoms with Crippen LogP contribution in [0.25, 0.3) is 0 Å². The average molecular weight is 420 g/mol. The summed E-state index contributed by atoms with van der Waals surface area (Å²) in [6.07, 6.45) is -3.84. The Kier molecular flexibility index (Phi) is 5.58. The Hall–Kier alpha value is -1.87. The van der Waals surface area contributed by atoms with Crippen LogP contribution in [0.3, 0.4) is 0 Å². The summed E-state index contributed by atoms with van der Waals surface area (Å²) in [5, 5.41) is 12.7. The maximum absolute atomic E-state index is 13.4. The first-order chi connectivity index (χ1) is 11.6. The van der Waals surface area contributed by atoms with E-state index in [0.717, 1.165) is 15.2 Å². The molecule has 0 spiro atoms. The largest absolute Gasteiger partial charge is 0.425 e. The van der Waals surface area contributed by atoms with Gasteiger partial charge in [0, 0.05) is 23.9 Å². The number of alkyl halides is 3. The van der Waals surface area contributed by atoms with Crippen LogP contribution in [0.4, 0.5) is 13.2 Å². The van der Waals surface area contributed by atoms with Gasteiger partial charge in [-0.1, -0.05) is 34.1 Å². The number of amides is 1. The van der Waals surface area contributed by atoms with Gasteiger partial charge in [0.25, 0.3) is 0 Å². The lowest BCUT2D eigenvalue weighted by Gasteiger charge is -2.30. The molecule has 0 aliphatic rings. The quantitative estimate of drug-likeness (QED) is 0.781. The van der Waals surface area contributed by atoms with Gasteiger partial charge in [0.2, 0.25) is 11.5 Å². The minimum Gasteiger partial charge on any atom is -0.374 e. The second-order valence-electron chi connectivity index (χ2n) is 5.71. The number of imidazole rings is 1. The van der Waals surface area contributed by atoms with Crippen LogP contribution in [0.5, 0.6) is 0 Å². The van der Waals surface area contributed by atoms with E-state index in [9.17, 15) is 23.1 Å². The molecule has 5 nitrogen and oxygen atoms in total. The summed E-state index contributed by atoms with van der Waals surface area (Å²) in [5.41, 5.74) is -2.66. The number of hydrogen-bond donors (Lipinski definition) is 2. The van der Waals surface area contributed by atoms with Gasteiger partial charge in [0.15, 0.2) is 5.82 Å². The summed E-state index contributed by atoms with van der Waals surface area (Å²) >= 11 is 3.33. The molecule has 0 aliphatic heterocycles. The number of aryl methyl sites for hydroxylation is 1. The Morgan fingerprint density at radius 3 is 2.56 bits per heavy atom. The lowest BCUT2D eigenvalue weighted by molar-refractivity contribution is -0.271. The fourth-order valence-electron chi connectivity index (χ4n) is 2.50. The van der Waals surface area contributed by atoms with Crippen LogP contribution < -0.4 is 5.32 Å². The van der Waals surface area contributed by atoms with Crippen molar-refractivity contribution in [2.75, 3.05) is 0 Å². The van der Waals surface area contributed by atoms with E-state index in [0.29, 0.717) is 5.56 Å². The van der Waals surface area contributed by atoms with Gasteiger partial charge in [-0.05, 0) is 18.6 Å². The highest BCUT2D eigenvalue weighted by Gasteiger charge is 2.58. The third-order valence-electron chi connectivity index (χ3n) is 3.83. The molecule has 1 aromatic heterocycles. The first-order valence-electron chi connectivity index (χ1n) is 7.37. The maximum atomic E-state index is 13.4. The van der Waals surface area contributed by atoms with Gasteiger partial charge in [0.1, 0.15) is 0 Å². The standard InChI is InChI=1S/C16H17BrF3N3O2/c1-10(11-5-3-4-6-12(11)17)22-13(24)9-15(25,16(18,19)20)14-21-7-8-23(14)2/h3-8,10,25H,9H2,1-2H3,(H,22,24). The summed E-state index contributed by atoms with van der Waals surface area (Å²) in [5.74, 6) is -1.57. The van der Waals surface area contributed by atoms with Crippen molar-refractivity contribution in [1.82, 2.24) is 14.9 Å². The molecule has 0 bridgehead atoms. The van der Waals surface area contributed by atoms with E-state index >= 15 is 0 Å². The van der Waals surface area contributed by atoms with Gasteiger partial charge in [-0.15, -0.1) is 0 Å². The van der Waals surface area contributed by atoms with Crippen molar-refractivity contribution in [2.24, 2.45) is 7.05 Å². The van der Waals surface area contributed by atoms with Crippen molar-refractivity contribution in [3.63, 3.8) is 0 Å². The van der Waals surface area contributed by atoms with E-state index in [1.54, 1.807) is 31.2 Å². The second-order valence-corrected chi connectivity index (χ2v) is 6.56. The van der Waals surface area contributed by atoms with Crippen LogP contribution in [0, 0.1) is 0 Å². The molecule has 9 heteroatoms. The fraction of sp³-hybridized carbons (Fsp3) is 0.375. The number of carbonyl (C=O) groups excluding carboxylic acids is 1. The molecular formula is C16H17BrF3N3O2. The highest BCUT2D eigenvalue weighted by molar-refractivity contribution is 9.10. The van der Waals surface area contributed by atoms with Crippen LogP contribution in [0.15, 0.2) is 41.1 Å². The molecular weight excluding hydrogens is 403 g/mol. The number of halogens is 4. The lowest BCUT2D eigenvalue weighted by atomic mass is 9.96. The molecule has 2 rings (SSSR count). The van der Waals surface area contributed by atoms with Crippen molar-refractivity contribution in [3.05, 3.63) is 52.5 Å². The Morgan fingerprint density at radius 1 is 1.40 bits per heavy atom. The number of nitrogens with zero attached hydrogens (tertiary/aromatic N) is 2. The van der Waals surface area contributed by atoms with Gasteiger partial charge in [0.05, 0.1) is 12.5 Å². The van der Waals surface area contributed by atoms with E-state index in [2.05, 4.69) is 26.2 Å². The minimum atomic E-state index is -5.06. The van der Waals surface area contributed by atoms with E-state index < -0.39 is 36.0 Å². The Morgan fingerprint density at radius 2 is 2.04 bits per heavy atom. The SMILES string of the molecule is CC(NC(=O)CC(O)(c1nccn1C)C(F)(F)F)c1ccccc1Br. The summed E-state index contributed by atoms with van der Waals surface area (Å²) < 4.78 is 42.1. The predicted molar refractivity (Wildman–Crippen MR) is 88.5 cm³/mol. The Labute approximate surface area is 151 Å². The summed E-state index contributed by atoms with van der Waals surface area (Å²) in [6.45, 7) is 1.64. The molecule has 2 atom stereocenters. The normalized spacial score (nSPS) is 15.5. The van der Waals surface area contributed by atoms with Crippen molar-refractivity contribution in [1.29, 1.82) is 0 Å². The first kappa shape index (κ1) is 19.5. The summed E-state index contributed by atoms with van der Waals surface area (Å²) in [4.78, 5) is 15.7. The zero-order valence-corrected chi connectivity index (χ0v) is 15.1. The van der Waals surface area contributed by atoms with Crippen LogP contribution >= 0.6 is 15.9 Å². The van der Waals surface area contributed by atoms with Crippen molar-refractivity contribution < 1.29 is 23.1 Å². The monoisotopic (exact) mass is 419 g/mol. The molecule has 0 saturated heterocycles. The van der Waals surface area contributed by atoms with Crippen molar-refractivity contribution in [2.45, 2.75) is 31.2 Å². The van der Waals surface area contributed by atoms with E-state index in [-0.39, 0.29) is 0 Å². The Balaban J connectivity index is 2.21. The summed E-state index contributed by atoms with van der Waals surface area (Å²) in [6, 6.07) is 6.50. The molecule has 0 radical (unpaired) electrons. The molecule has 2 aromatic rings. The zero-order valence-electron chi connectivity index (χ0n) is 13.5. The van der Waals surface area contributed by atoms with Crippen molar-refractivity contribution >= 4 is 21.8 Å². The molecule has 136 valence electrons. The van der Waals surface area contributed by atoms with E-state index in [1.165, 1.54) is 13.2 Å². The van der Waals surface area contributed by atoms with Gasteiger partial charge in [-0.2, -0.15) is 13.2 Å².